The first kappa shape index (κ1) is 15.0. The number of benzene rings is 1. The fourth-order valence-corrected chi connectivity index (χ4v) is 2.33. The van der Waals surface area contributed by atoms with Crippen LogP contribution in [0.4, 0.5) is 0 Å². The second-order valence-electron chi connectivity index (χ2n) is 5.93. The molecule has 0 aliphatic rings. The van der Waals surface area contributed by atoms with E-state index < -0.39 is 0 Å². The number of nitrogens with two attached hydrogens (primary N) is 1. The first-order valence-electron chi connectivity index (χ1n) is 6.82. The van der Waals surface area contributed by atoms with Gasteiger partial charge in [0.15, 0.2) is 0 Å². The van der Waals surface area contributed by atoms with Crippen molar-refractivity contribution < 1.29 is 4.74 Å². The zero-order chi connectivity index (χ0) is 13.8. The van der Waals surface area contributed by atoms with Crippen molar-refractivity contribution in [1.29, 1.82) is 0 Å². The molecule has 0 aromatic heterocycles. The summed E-state index contributed by atoms with van der Waals surface area (Å²) in [5, 5.41) is 0. The molecule has 0 saturated heterocycles. The van der Waals surface area contributed by atoms with Crippen molar-refractivity contribution in [3.63, 3.8) is 0 Å². The van der Waals surface area contributed by atoms with Gasteiger partial charge in [0, 0.05) is 0 Å². The third kappa shape index (κ3) is 3.49. The molecular weight excluding hydrogens is 222 g/mol. The summed E-state index contributed by atoms with van der Waals surface area (Å²) in [6.07, 6.45) is 2.31. The molecule has 2 heteroatoms. The first-order chi connectivity index (χ1) is 8.43. The Morgan fingerprint density at radius 1 is 1.28 bits per heavy atom. The first-order valence-corrected chi connectivity index (χ1v) is 6.82. The lowest BCUT2D eigenvalue weighted by atomic mass is 9.83. The van der Waals surface area contributed by atoms with Crippen LogP contribution >= 0.6 is 0 Å². The summed E-state index contributed by atoms with van der Waals surface area (Å²) < 4.78 is 5.47. The minimum Gasteiger partial charge on any atom is -0.496 e. The second-order valence-corrected chi connectivity index (χ2v) is 5.93. The van der Waals surface area contributed by atoms with E-state index in [-0.39, 0.29) is 5.41 Å². The summed E-state index contributed by atoms with van der Waals surface area (Å²) in [5.74, 6) is 1.43. The van der Waals surface area contributed by atoms with Crippen LogP contribution in [0.5, 0.6) is 5.75 Å². The maximum atomic E-state index is 5.89. The average Bonchev–Trinajstić information content (AvgIpc) is 2.34. The Morgan fingerprint density at radius 2 is 1.94 bits per heavy atom. The number of hydrogen-bond donors (Lipinski definition) is 1. The van der Waals surface area contributed by atoms with Crippen LogP contribution in [0.15, 0.2) is 18.2 Å². The van der Waals surface area contributed by atoms with E-state index in [1.807, 2.05) is 0 Å². The molecule has 2 N–H and O–H groups in total. The molecule has 0 heterocycles. The molecule has 0 aliphatic carbocycles. The van der Waals surface area contributed by atoms with Gasteiger partial charge in [0.1, 0.15) is 5.75 Å². The molecule has 1 aromatic rings. The monoisotopic (exact) mass is 249 g/mol. The number of ether oxygens (including phenoxy) is 1. The molecule has 18 heavy (non-hydrogen) atoms. The number of hydrogen-bond acceptors (Lipinski definition) is 2. The van der Waals surface area contributed by atoms with Gasteiger partial charge in [-0.2, -0.15) is 0 Å². The van der Waals surface area contributed by atoms with Crippen molar-refractivity contribution in [1.82, 2.24) is 0 Å². The highest BCUT2D eigenvalue weighted by Gasteiger charge is 2.20. The molecule has 2 nitrogen and oxygen atoms in total. The molecule has 0 spiro atoms. The van der Waals surface area contributed by atoms with E-state index in [4.69, 9.17) is 10.5 Å². The van der Waals surface area contributed by atoms with Crippen LogP contribution in [-0.4, -0.2) is 13.7 Å². The van der Waals surface area contributed by atoms with Crippen molar-refractivity contribution in [2.75, 3.05) is 13.7 Å². The highest BCUT2D eigenvalue weighted by atomic mass is 16.5. The van der Waals surface area contributed by atoms with Gasteiger partial charge < -0.3 is 10.5 Å². The molecule has 0 saturated carbocycles. The Kier molecular flexibility index (Phi) is 5.21. The predicted molar refractivity (Wildman–Crippen MR) is 78.4 cm³/mol. The molecule has 1 atom stereocenters. The van der Waals surface area contributed by atoms with Gasteiger partial charge in [0.25, 0.3) is 0 Å². The molecule has 0 bridgehead atoms. The van der Waals surface area contributed by atoms with E-state index in [2.05, 4.69) is 45.9 Å². The van der Waals surface area contributed by atoms with Gasteiger partial charge in [-0.3, -0.25) is 0 Å². The zero-order valence-electron chi connectivity index (χ0n) is 12.4. The van der Waals surface area contributed by atoms with E-state index in [1.165, 1.54) is 17.5 Å². The van der Waals surface area contributed by atoms with E-state index in [0.717, 1.165) is 12.2 Å². The lowest BCUT2D eigenvalue weighted by Crippen LogP contribution is -2.16. The molecule has 1 unspecified atom stereocenters. The number of rotatable bonds is 5. The van der Waals surface area contributed by atoms with Crippen LogP contribution in [0.25, 0.3) is 0 Å². The lowest BCUT2D eigenvalue weighted by molar-refractivity contribution is 0.397. The summed E-state index contributed by atoms with van der Waals surface area (Å²) >= 11 is 0. The van der Waals surface area contributed by atoms with Crippen molar-refractivity contribution in [2.45, 2.75) is 51.9 Å². The van der Waals surface area contributed by atoms with Gasteiger partial charge in [0.05, 0.1) is 7.11 Å². The Labute approximate surface area is 112 Å². The summed E-state index contributed by atoms with van der Waals surface area (Å²) in [6.45, 7) is 9.56. The largest absolute Gasteiger partial charge is 0.496 e. The van der Waals surface area contributed by atoms with Gasteiger partial charge >= 0.3 is 0 Å². The Hall–Kier alpha value is -1.02. The van der Waals surface area contributed by atoms with Gasteiger partial charge in [-0.05, 0) is 41.5 Å². The Bertz CT molecular complexity index is 379. The Balaban J connectivity index is 3.17. The van der Waals surface area contributed by atoms with E-state index in [1.54, 1.807) is 7.11 Å². The van der Waals surface area contributed by atoms with Gasteiger partial charge in [-0.15, -0.1) is 0 Å². The van der Waals surface area contributed by atoms with Crippen molar-refractivity contribution in [3.8, 4) is 5.75 Å². The fourth-order valence-electron chi connectivity index (χ4n) is 2.33. The average molecular weight is 249 g/mol. The molecule has 0 aliphatic heterocycles. The maximum Gasteiger partial charge on any atom is 0.122 e. The highest BCUT2D eigenvalue weighted by Crippen LogP contribution is 2.34. The summed E-state index contributed by atoms with van der Waals surface area (Å²) in [5.41, 5.74) is 8.58. The van der Waals surface area contributed by atoms with Crippen LogP contribution in [0.2, 0.25) is 0 Å². The molecule has 102 valence electrons. The lowest BCUT2D eigenvalue weighted by Gasteiger charge is -2.24. The normalized spacial score (nSPS) is 13.4. The van der Waals surface area contributed by atoms with Crippen LogP contribution < -0.4 is 10.5 Å². The molecular formula is C16H27NO. The van der Waals surface area contributed by atoms with Crippen LogP contribution in [0.3, 0.4) is 0 Å². The quantitative estimate of drug-likeness (QED) is 0.860. The maximum absolute atomic E-state index is 5.89. The van der Waals surface area contributed by atoms with Gasteiger partial charge in [-0.25, -0.2) is 0 Å². The third-order valence-electron chi connectivity index (χ3n) is 3.42. The third-order valence-corrected chi connectivity index (χ3v) is 3.42. The van der Waals surface area contributed by atoms with Gasteiger partial charge in [-0.1, -0.05) is 46.2 Å². The van der Waals surface area contributed by atoms with E-state index in [9.17, 15) is 0 Å². The highest BCUT2D eigenvalue weighted by molar-refractivity contribution is 5.42. The number of methoxy groups -OCH3 is 1. The smallest absolute Gasteiger partial charge is 0.122 e. The van der Waals surface area contributed by atoms with Crippen LogP contribution in [0, 0.1) is 0 Å². The van der Waals surface area contributed by atoms with Crippen LogP contribution in [0.1, 0.15) is 57.6 Å². The standard InChI is InChI=1S/C16H27NO/c1-6-7-13(11-17)12-8-9-15(18-5)14(10-12)16(2,3)4/h8-10,13H,6-7,11,17H2,1-5H3. The molecule has 1 aromatic carbocycles. The molecule has 0 amide bonds. The predicted octanol–water partition coefficient (Wildman–Crippen LogP) is 3.84. The SMILES string of the molecule is CCCC(CN)c1ccc(OC)c(C(C)(C)C)c1. The van der Waals surface area contributed by atoms with E-state index >= 15 is 0 Å². The molecule has 0 fully saturated rings. The van der Waals surface area contributed by atoms with Crippen molar-refractivity contribution in [2.24, 2.45) is 5.73 Å². The fraction of sp³-hybridized carbons (Fsp3) is 0.625. The minimum atomic E-state index is 0.0900. The summed E-state index contributed by atoms with van der Waals surface area (Å²) in [4.78, 5) is 0. The molecule has 0 radical (unpaired) electrons. The molecule has 1 rings (SSSR count). The minimum absolute atomic E-state index is 0.0900. The van der Waals surface area contributed by atoms with E-state index in [0.29, 0.717) is 12.5 Å². The zero-order valence-corrected chi connectivity index (χ0v) is 12.4. The second kappa shape index (κ2) is 6.24. The van der Waals surface area contributed by atoms with Crippen molar-refractivity contribution >= 4 is 0 Å². The van der Waals surface area contributed by atoms with Gasteiger partial charge in [0.2, 0.25) is 0 Å². The summed E-state index contributed by atoms with van der Waals surface area (Å²) in [7, 11) is 1.73. The Morgan fingerprint density at radius 3 is 2.39 bits per heavy atom. The summed E-state index contributed by atoms with van der Waals surface area (Å²) in [6, 6.07) is 6.50. The van der Waals surface area contributed by atoms with Crippen LogP contribution in [-0.2, 0) is 5.41 Å². The topological polar surface area (TPSA) is 35.2 Å². The van der Waals surface area contributed by atoms with Crippen molar-refractivity contribution in [3.05, 3.63) is 29.3 Å².